The van der Waals surface area contributed by atoms with Crippen LogP contribution in [-0.2, 0) is 0 Å². The van der Waals surface area contributed by atoms with Gasteiger partial charge in [0.15, 0.2) is 5.82 Å². The van der Waals surface area contributed by atoms with Crippen LogP contribution in [-0.4, -0.2) is 23.3 Å². The smallest absolute Gasteiger partial charge is 0.155 e. The molecule has 0 radical (unpaired) electrons. The number of rotatable bonds is 7. The normalized spacial score (nSPS) is 11.8. The molecule has 30 aromatic rings. The summed E-state index contributed by atoms with van der Waals surface area (Å²) >= 11 is 9.45. The van der Waals surface area contributed by atoms with E-state index in [1.165, 1.54) is 266 Å². The van der Waals surface area contributed by atoms with E-state index in [0.717, 1.165) is 5.82 Å². The highest BCUT2D eigenvalue weighted by atomic mass is 32.1. The van der Waals surface area contributed by atoms with Gasteiger partial charge in [-0.15, -0.1) is 56.7 Å². The van der Waals surface area contributed by atoms with Crippen molar-refractivity contribution in [2.24, 2.45) is 0 Å². The van der Waals surface area contributed by atoms with Crippen molar-refractivity contribution in [3.8, 4) is 56.3 Å². The highest BCUT2D eigenvalue weighted by Gasteiger charge is 2.24. The van der Waals surface area contributed by atoms with E-state index in [2.05, 4.69) is 496 Å². The van der Waals surface area contributed by atoms with E-state index in [0.29, 0.717) is 0 Å². The molecule has 0 saturated heterocycles. The number of nitrogens with zero attached hydrogens (tertiary/aromatic N) is 5. The fraction of sp³-hybridized carbons (Fsp3) is 0.0385. The molecule has 20 aromatic carbocycles. The van der Waals surface area contributed by atoms with E-state index in [9.17, 15) is 0 Å². The molecule has 140 heavy (non-hydrogen) atoms. The van der Waals surface area contributed by atoms with Crippen LogP contribution in [0.25, 0.3) is 244 Å². The lowest BCUT2D eigenvalue weighted by atomic mass is 9.96. The van der Waals surface area contributed by atoms with Crippen LogP contribution in [0, 0.1) is 34.6 Å². The average Bonchev–Trinajstić information content (AvgIpc) is 1.58. The molecule has 30 rings (SSSR count). The average molecular weight is 1880 g/mol. The summed E-state index contributed by atoms with van der Waals surface area (Å²) in [7, 11) is 0. The summed E-state index contributed by atoms with van der Waals surface area (Å²) in [6, 6.07) is 160. The van der Waals surface area contributed by atoms with Gasteiger partial charge in [-0.05, 0) is 193 Å². The molecule has 0 atom stereocenters. The first-order valence-corrected chi connectivity index (χ1v) is 51.8. The molecule has 0 aliphatic carbocycles. The molecule has 10 heteroatoms. The first kappa shape index (κ1) is 84.4. The fourth-order valence-electron chi connectivity index (χ4n) is 21.6. The standard InChI is InChI=1S/C31H22S.3C25H17NS.C24H16N2S/c1-21-8-5-14-28-29-15-7-13-27(31(29)32-30(21)28)26-12-6-11-25(20-26)24-18-16-23(17-19-24)22-9-3-2-4-10-22;1-16-14-17(15-21-20-10-4-7-13-24(20)27-25(16)21)26-22-11-5-2-8-18(22)19-9-3-6-12-23(19)26;2*1-16-8-6-11-19-20-12-7-15-23(25(20)27-24(16)19)26-21-13-4-2-9-17(21)18-10-3-5-14-22(18)26;1-15-10-11-22-19(14-15)18-12-13-25-24(23(18)27-22)26-20-8-4-2-6-16(20)17-7-3-5-9-21(17)26/h2-20H,1H3;3*2-15H,1H3;2-14H,1H3. The number of fused-ring (bicyclic) bond motifs is 27. The SMILES string of the molecule is Cc1cc(-n2c3ccccc3c3ccccc32)cc2c1sc1ccccc12.Cc1ccc2sc3c(-n4c5ccccc5c5ccccc54)nccc3c2c1.Cc1cccc2c1sc1c(-c3cccc(-c4ccc(-c5ccccc5)cc4)c3)cccc12.Cc1cccc2c1sc1c(-n3c4ccccc4c4ccccc43)cccc12.Cc1cccc2c1sc1c(-n3c4ccccc4c4ccccc43)cccc12. The Kier molecular flexibility index (Phi) is 21.0. The zero-order valence-corrected chi connectivity index (χ0v) is 81.6. The first-order valence-electron chi connectivity index (χ1n) is 47.7. The highest BCUT2D eigenvalue weighted by molar-refractivity contribution is 7.28. The number of hydrogen-bond donors (Lipinski definition) is 0. The summed E-state index contributed by atoms with van der Waals surface area (Å²) in [5.41, 5.74) is 28.0. The van der Waals surface area contributed by atoms with Crippen LogP contribution in [0.5, 0.6) is 0 Å². The second-order valence-electron chi connectivity index (χ2n) is 36.5. The zero-order chi connectivity index (χ0) is 93.3. The van der Waals surface area contributed by atoms with E-state index >= 15 is 0 Å². The fourth-order valence-corrected chi connectivity index (χ4v) is 27.7. The molecule has 0 aliphatic heterocycles. The van der Waals surface area contributed by atoms with Gasteiger partial charge in [0.05, 0.1) is 69.6 Å². The lowest BCUT2D eigenvalue weighted by Crippen LogP contribution is -1.96. The predicted octanol–water partition coefficient (Wildman–Crippen LogP) is 38.6. The molecule has 10 heterocycles. The van der Waals surface area contributed by atoms with Crippen molar-refractivity contribution in [2.75, 3.05) is 0 Å². The zero-order valence-electron chi connectivity index (χ0n) is 77.5. The molecule has 664 valence electrons. The van der Waals surface area contributed by atoms with Crippen molar-refractivity contribution in [1.29, 1.82) is 0 Å². The van der Waals surface area contributed by atoms with Crippen molar-refractivity contribution in [3.05, 3.63) is 477 Å². The Morgan fingerprint density at radius 1 is 0.179 bits per heavy atom. The van der Waals surface area contributed by atoms with Crippen LogP contribution in [0.4, 0.5) is 0 Å². The van der Waals surface area contributed by atoms with Gasteiger partial charge >= 0.3 is 0 Å². The van der Waals surface area contributed by atoms with Gasteiger partial charge in [-0.1, -0.05) is 345 Å². The molecular formula is C130H89N5S5. The highest BCUT2D eigenvalue weighted by Crippen LogP contribution is 2.49. The number of benzene rings is 20. The molecule has 5 nitrogen and oxygen atoms in total. The summed E-state index contributed by atoms with van der Waals surface area (Å²) in [6.45, 7) is 11.0. The second kappa shape index (κ2) is 34.8. The quantitative estimate of drug-likeness (QED) is 0.157. The van der Waals surface area contributed by atoms with Crippen molar-refractivity contribution in [3.63, 3.8) is 0 Å². The maximum atomic E-state index is 4.84. The Labute approximate surface area is 828 Å². The van der Waals surface area contributed by atoms with Gasteiger partial charge in [0, 0.05) is 142 Å². The topological polar surface area (TPSA) is 32.6 Å². The van der Waals surface area contributed by atoms with Crippen molar-refractivity contribution in [1.82, 2.24) is 23.3 Å². The molecule has 0 spiro atoms. The van der Waals surface area contributed by atoms with Crippen LogP contribution >= 0.6 is 56.7 Å². The van der Waals surface area contributed by atoms with E-state index in [4.69, 9.17) is 4.98 Å². The maximum absolute atomic E-state index is 4.84. The summed E-state index contributed by atoms with van der Waals surface area (Å²) in [4.78, 5) is 4.84. The Balaban J connectivity index is 0.0000000902. The van der Waals surface area contributed by atoms with Gasteiger partial charge in [0.2, 0.25) is 0 Å². The lowest BCUT2D eigenvalue weighted by molar-refractivity contribution is 1.11. The van der Waals surface area contributed by atoms with E-state index in [1.54, 1.807) is 0 Å². The molecule has 10 aromatic heterocycles. The minimum Gasteiger partial charge on any atom is -0.309 e. The molecule has 0 aliphatic rings. The molecule has 0 saturated carbocycles. The van der Waals surface area contributed by atoms with Crippen molar-refractivity contribution >= 4 is 245 Å². The number of para-hydroxylation sites is 8. The first-order chi connectivity index (χ1) is 69.0. The summed E-state index contributed by atoms with van der Waals surface area (Å²) in [5.74, 6) is 1.02. The Hall–Kier alpha value is -16.2. The molecular weight excluding hydrogens is 1790 g/mol. The third-order valence-electron chi connectivity index (χ3n) is 28.1. The Bertz CT molecular complexity index is 9730. The largest absolute Gasteiger partial charge is 0.309 e. The van der Waals surface area contributed by atoms with Crippen LogP contribution in [0.3, 0.4) is 0 Å². The molecule has 0 bridgehead atoms. The van der Waals surface area contributed by atoms with Gasteiger partial charge in [-0.25, -0.2) is 4.98 Å². The van der Waals surface area contributed by atoms with E-state index < -0.39 is 0 Å². The summed E-state index contributed by atoms with van der Waals surface area (Å²) in [6.07, 6.45) is 1.94. The third-order valence-corrected chi connectivity index (χ3v) is 34.7. The lowest BCUT2D eigenvalue weighted by Gasteiger charge is -2.10. The van der Waals surface area contributed by atoms with Crippen molar-refractivity contribution in [2.45, 2.75) is 34.6 Å². The van der Waals surface area contributed by atoms with E-state index in [-0.39, 0.29) is 0 Å². The van der Waals surface area contributed by atoms with Crippen LogP contribution < -0.4 is 0 Å². The minimum atomic E-state index is 1.02. The van der Waals surface area contributed by atoms with Gasteiger partial charge < -0.3 is 13.7 Å². The number of hydrogen-bond acceptors (Lipinski definition) is 6. The van der Waals surface area contributed by atoms with Gasteiger partial charge in [-0.3, -0.25) is 4.57 Å². The molecule has 0 amide bonds. The Morgan fingerprint density at radius 3 is 0.986 bits per heavy atom. The maximum Gasteiger partial charge on any atom is 0.155 e. The third kappa shape index (κ3) is 14.2. The van der Waals surface area contributed by atoms with E-state index in [1.807, 2.05) is 62.9 Å². The van der Waals surface area contributed by atoms with Crippen molar-refractivity contribution < 1.29 is 0 Å². The number of pyridine rings is 1. The number of thiophene rings is 5. The molecule has 0 fully saturated rings. The minimum absolute atomic E-state index is 1.02. The van der Waals surface area contributed by atoms with Crippen LogP contribution in [0.2, 0.25) is 0 Å². The van der Waals surface area contributed by atoms with Gasteiger partial charge in [-0.2, -0.15) is 0 Å². The predicted molar refractivity (Wildman–Crippen MR) is 612 cm³/mol. The Morgan fingerprint density at radius 2 is 0.507 bits per heavy atom. The van der Waals surface area contributed by atoms with Gasteiger partial charge in [0.1, 0.15) is 0 Å². The monoisotopic (exact) mass is 1880 g/mol. The second-order valence-corrected chi connectivity index (χ2v) is 41.7. The summed E-state index contributed by atoms with van der Waals surface area (Å²) < 4.78 is 23.1. The number of aromatic nitrogens is 5. The van der Waals surface area contributed by atoms with Gasteiger partial charge in [0.25, 0.3) is 0 Å². The number of aryl methyl sites for hydroxylation is 5. The molecule has 0 N–H and O–H groups in total. The molecule has 0 unspecified atom stereocenters. The summed E-state index contributed by atoms with van der Waals surface area (Å²) in [5, 5.41) is 23.8. The van der Waals surface area contributed by atoms with Crippen LogP contribution in [0.1, 0.15) is 27.8 Å². The van der Waals surface area contributed by atoms with Crippen LogP contribution in [0.15, 0.2) is 449 Å².